The Kier molecular flexibility index (Phi) is 6.35. The number of nitrogens with zero attached hydrogens (tertiary/aromatic N) is 2. The normalized spacial score (nSPS) is 14.5. The molecule has 0 aliphatic carbocycles. The van der Waals surface area contributed by atoms with Crippen LogP contribution in [0.5, 0.6) is 11.5 Å². The lowest BCUT2D eigenvalue weighted by Crippen LogP contribution is -2.21. The number of carbonyl (C=O) groups excluding carboxylic acids is 1. The van der Waals surface area contributed by atoms with Crippen molar-refractivity contribution in [2.45, 2.75) is 13.8 Å². The quantitative estimate of drug-likeness (QED) is 0.624. The lowest BCUT2D eigenvalue weighted by atomic mass is 10.1. The third-order valence-corrected chi connectivity index (χ3v) is 4.35. The molecule has 0 radical (unpaired) electrons. The number of ether oxygens (including phenoxy) is 2. The van der Waals surface area contributed by atoms with E-state index in [1.807, 2.05) is 0 Å². The number of carboxylic acids is 2. The van der Waals surface area contributed by atoms with Crippen LogP contribution in [-0.4, -0.2) is 47.0 Å². The maximum Gasteiger partial charge on any atom is 0.341 e. The molecule has 3 rings (SSSR count). The monoisotopic (exact) mass is 424 g/mol. The largest absolute Gasteiger partial charge is 0.490 e. The lowest BCUT2D eigenvalue weighted by molar-refractivity contribution is -0.139. The molecule has 1 aliphatic heterocycles. The van der Waals surface area contributed by atoms with E-state index in [1.54, 1.807) is 38.1 Å². The number of rotatable bonds is 8. The molecular formula is C22H20N2O7. The average molecular weight is 424 g/mol. The Morgan fingerprint density at radius 3 is 2.39 bits per heavy atom. The van der Waals surface area contributed by atoms with E-state index < -0.39 is 18.5 Å². The molecular weight excluding hydrogens is 404 g/mol. The van der Waals surface area contributed by atoms with E-state index in [4.69, 9.17) is 19.7 Å². The minimum absolute atomic E-state index is 0.112. The SMILES string of the molecule is CCOc1cc(/C=C2/C(=O)N(c3ccc(C(=O)O)cc3)N=C2C)ccc1OCC(=O)O. The van der Waals surface area contributed by atoms with Crippen LogP contribution in [-0.2, 0) is 9.59 Å². The fraction of sp³-hybridized carbons (Fsp3) is 0.182. The average Bonchev–Trinajstić information content (AvgIpc) is 3.01. The van der Waals surface area contributed by atoms with Crippen molar-refractivity contribution in [3.8, 4) is 11.5 Å². The molecule has 0 atom stereocenters. The van der Waals surface area contributed by atoms with Gasteiger partial charge in [-0.05, 0) is 61.9 Å². The van der Waals surface area contributed by atoms with Crippen LogP contribution in [0.1, 0.15) is 29.8 Å². The highest BCUT2D eigenvalue weighted by atomic mass is 16.5. The summed E-state index contributed by atoms with van der Waals surface area (Å²) < 4.78 is 10.8. The standard InChI is InChI=1S/C22H20N2O7/c1-3-30-19-11-14(4-9-18(19)31-12-20(25)26)10-17-13(2)23-24(21(17)27)16-7-5-15(6-8-16)22(28)29/h4-11H,3,12H2,1-2H3,(H,25,26)(H,28,29)/b17-10+. The zero-order valence-corrected chi connectivity index (χ0v) is 16.9. The van der Waals surface area contributed by atoms with Crippen molar-refractivity contribution in [1.82, 2.24) is 0 Å². The second-order valence-corrected chi connectivity index (χ2v) is 6.53. The second-order valence-electron chi connectivity index (χ2n) is 6.53. The smallest absolute Gasteiger partial charge is 0.341 e. The second kappa shape index (κ2) is 9.12. The van der Waals surface area contributed by atoms with Crippen LogP contribution >= 0.6 is 0 Å². The molecule has 1 amide bonds. The molecule has 0 unspecified atom stereocenters. The van der Waals surface area contributed by atoms with Crippen LogP contribution in [0, 0.1) is 0 Å². The van der Waals surface area contributed by atoms with Crippen LogP contribution in [0.4, 0.5) is 5.69 Å². The minimum atomic E-state index is -1.10. The summed E-state index contributed by atoms with van der Waals surface area (Å²) >= 11 is 0. The Balaban J connectivity index is 1.87. The zero-order valence-electron chi connectivity index (χ0n) is 16.9. The van der Waals surface area contributed by atoms with E-state index >= 15 is 0 Å². The summed E-state index contributed by atoms with van der Waals surface area (Å²) in [4.78, 5) is 34.7. The number of hydrogen-bond donors (Lipinski definition) is 2. The van der Waals surface area contributed by atoms with Gasteiger partial charge in [-0.15, -0.1) is 0 Å². The molecule has 2 N–H and O–H groups in total. The highest BCUT2D eigenvalue weighted by Crippen LogP contribution is 2.31. The third kappa shape index (κ3) is 4.89. The molecule has 2 aromatic rings. The van der Waals surface area contributed by atoms with Crippen LogP contribution in [0.3, 0.4) is 0 Å². The van der Waals surface area contributed by atoms with Gasteiger partial charge >= 0.3 is 11.9 Å². The minimum Gasteiger partial charge on any atom is -0.490 e. The molecule has 0 bridgehead atoms. The number of hydrazone groups is 1. The van der Waals surface area contributed by atoms with Gasteiger partial charge in [0.15, 0.2) is 18.1 Å². The van der Waals surface area contributed by atoms with Crippen molar-refractivity contribution < 1.29 is 34.1 Å². The first-order valence-corrected chi connectivity index (χ1v) is 9.36. The predicted octanol–water partition coefficient (Wildman–Crippen LogP) is 3.05. The molecule has 0 saturated carbocycles. The maximum absolute atomic E-state index is 12.9. The first kappa shape index (κ1) is 21.6. The number of carboxylic acid groups (broad SMARTS) is 2. The summed E-state index contributed by atoms with van der Waals surface area (Å²) in [6.07, 6.45) is 1.65. The van der Waals surface area contributed by atoms with Gasteiger partial charge < -0.3 is 19.7 Å². The van der Waals surface area contributed by atoms with Gasteiger partial charge in [-0.1, -0.05) is 6.07 Å². The Labute approximate surface area is 177 Å². The van der Waals surface area contributed by atoms with E-state index in [9.17, 15) is 14.4 Å². The molecule has 0 spiro atoms. The summed E-state index contributed by atoms with van der Waals surface area (Å²) in [7, 11) is 0. The summed E-state index contributed by atoms with van der Waals surface area (Å²) in [5, 5.41) is 23.3. The van der Waals surface area contributed by atoms with Crippen molar-refractivity contribution in [3.63, 3.8) is 0 Å². The van der Waals surface area contributed by atoms with E-state index in [0.29, 0.717) is 34.9 Å². The van der Waals surface area contributed by atoms with Gasteiger partial charge in [0, 0.05) is 0 Å². The Morgan fingerprint density at radius 1 is 1.06 bits per heavy atom. The Bertz CT molecular complexity index is 1090. The maximum atomic E-state index is 12.9. The molecule has 9 nitrogen and oxygen atoms in total. The summed E-state index contributed by atoms with van der Waals surface area (Å²) in [6.45, 7) is 3.34. The van der Waals surface area contributed by atoms with Crippen LogP contribution in [0.25, 0.3) is 6.08 Å². The number of amides is 1. The zero-order chi connectivity index (χ0) is 22.5. The van der Waals surface area contributed by atoms with Crippen LogP contribution in [0.2, 0.25) is 0 Å². The van der Waals surface area contributed by atoms with Crippen molar-refractivity contribution in [1.29, 1.82) is 0 Å². The van der Waals surface area contributed by atoms with Gasteiger partial charge in [0.25, 0.3) is 5.91 Å². The molecule has 160 valence electrons. The van der Waals surface area contributed by atoms with E-state index in [1.165, 1.54) is 29.3 Å². The number of benzene rings is 2. The fourth-order valence-corrected chi connectivity index (χ4v) is 2.91. The van der Waals surface area contributed by atoms with Crippen LogP contribution in [0.15, 0.2) is 53.1 Å². The summed E-state index contributed by atoms with van der Waals surface area (Å²) in [6, 6.07) is 10.7. The van der Waals surface area contributed by atoms with Crippen molar-refractivity contribution in [3.05, 3.63) is 59.2 Å². The van der Waals surface area contributed by atoms with E-state index in [0.717, 1.165) is 0 Å². The highest BCUT2D eigenvalue weighted by molar-refractivity contribution is 6.32. The third-order valence-electron chi connectivity index (χ3n) is 4.35. The van der Waals surface area contributed by atoms with Gasteiger partial charge in [-0.25, -0.2) is 9.59 Å². The molecule has 2 aromatic carbocycles. The van der Waals surface area contributed by atoms with Gasteiger partial charge in [0.1, 0.15) is 0 Å². The predicted molar refractivity (Wildman–Crippen MR) is 113 cm³/mol. The lowest BCUT2D eigenvalue weighted by Gasteiger charge is -2.12. The van der Waals surface area contributed by atoms with Crippen molar-refractivity contribution in [2.75, 3.05) is 18.2 Å². The molecule has 31 heavy (non-hydrogen) atoms. The Morgan fingerprint density at radius 2 is 1.77 bits per heavy atom. The fourth-order valence-electron chi connectivity index (χ4n) is 2.91. The number of hydrogen-bond acceptors (Lipinski definition) is 6. The molecule has 1 aliphatic rings. The van der Waals surface area contributed by atoms with Gasteiger partial charge in [-0.2, -0.15) is 10.1 Å². The molecule has 0 aromatic heterocycles. The van der Waals surface area contributed by atoms with Crippen molar-refractivity contribution in [2.24, 2.45) is 5.10 Å². The number of carbonyl (C=O) groups is 3. The van der Waals surface area contributed by atoms with Crippen molar-refractivity contribution >= 4 is 35.3 Å². The van der Waals surface area contributed by atoms with Crippen LogP contribution < -0.4 is 14.5 Å². The highest BCUT2D eigenvalue weighted by Gasteiger charge is 2.29. The number of anilines is 1. The molecule has 9 heteroatoms. The number of aromatic carboxylic acids is 1. The summed E-state index contributed by atoms with van der Waals surface area (Å²) in [5.74, 6) is -1.87. The van der Waals surface area contributed by atoms with Gasteiger partial charge in [-0.3, -0.25) is 4.79 Å². The molecule has 1 heterocycles. The van der Waals surface area contributed by atoms with Gasteiger partial charge in [0.05, 0.1) is 29.1 Å². The van der Waals surface area contributed by atoms with E-state index in [-0.39, 0.29) is 17.2 Å². The summed E-state index contributed by atoms with van der Waals surface area (Å²) in [5.41, 5.74) is 2.07. The first-order valence-electron chi connectivity index (χ1n) is 9.36. The topological polar surface area (TPSA) is 126 Å². The first-order chi connectivity index (χ1) is 14.8. The van der Waals surface area contributed by atoms with Gasteiger partial charge in [0.2, 0.25) is 0 Å². The molecule has 0 saturated heterocycles. The molecule has 0 fully saturated rings. The Hall–Kier alpha value is -4.14. The number of aliphatic carboxylic acids is 1. The van der Waals surface area contributed by atoms with E-state index in [2.05, 4.69) is 5.10 Å².